The van der Waals surface area contributed by atoms with Crippen molar-refractivity contribution in [2.75, 3.05) is 0 Å². The van der Waals surface area contributed by atoms with Crippen LogP contribution in [0.4, 0.5) is 4.39 Å². The number of rotatable bonds is 4. The second-order valence-electron chi connectivity index (χ2n) is 5.39. The largest absolute Gasteiger partial charge is 0.417 e. The maximum atomic E-state index is 12.9. The van der Waals surface area contributed by atoms with E-state index >= 15 is 0 Å². The molecule has 1 aromatic heterocycles. The van der Waals surface area contributed by atoms with Gasteiger partial charge in [0.1, 0.15) is 12.1 Å². The fourth-order valence-corrected chi connectivity index (χ4v) is 1.63. The number of halogens is 2. The molecule has 0 saturated heterocycles. The van der Waals surface area contributed by atoms with Crippen molar-refractivity contribution in [3.05, 3.63) is 41.0 Å². The molecule has 0 aliphatic rings. The molecule has 0 aliphatic heterocycles. The van der Waals surface area contributed by atoms with Gasteiger partial charge in [0, 0.05) is 12.1 Å². The van der Waals surface area contributed by atoms with Gasteiger partial charge < -0.3 is 14.5 Å². The molecule has 6 heteroatoms. The molecule has 1 aromatic carbocycles. The Balaban J connectivity index is 2.02. The Labute approximate surface area is 121 Å². The van der Waals surface area contributed by atoms with E-state index in [9.17, 15) is 4.39 Å². The van der Waals surface area contributed by atoms with Crippen molar-refractivity contribution < 1.29 is 13.5 Å². The highest BCUT2D eigenvalue weighted by Crippen LogP contribution is 2.29. The van der Waals surface area contributed by atoms with E-state index in [1.165, 1.54) is 24.5 Å². The van der Waals surface area contributed by atoms with Crippen LogP contribution in [0, 0.1) is 5.82 Å². The van der Waals surface area contributed by atoms with E-state index in [0.717, 1.165) is 0 Å². The van der Waals surface area contributed by atoms with E-state index < -0.39 is 5.82 Å². The van der Waals surface area contributed by atoms with Gasteiger partial charge in [-0.05, 0) is 39.0 Å². The highest BCUT2D eigenvalue weighted by atomic mass is 35.5. The lowest BCUT2D eigenvalue weighted by molar-refractivity contribution is 0.330. The number of benzene rings is 1. The molecule has 0 fully saturated rings. The second kappa shape index (κ2) is 5.81. The Kier molecular flexibility index (Phi) is 4.30. The topological polar surface area (TPSA) is 47.3 Å². The lowest BCUT2D eigenvalue weighted by Crippen LogP contribution is -2.35. The zero-order chi connectivity index (χ0) is 14.8. The SMILES string of the molecule is CC(C)(C)NCc1coc(Oc2ccc(F)cc2Cl)n1. The minimum Gasteiger partial charge on any atom is -0.417 e. The van der Waals surface area contributed by atoms with Crippen LogP contribution in [0.1, 0.15) is 26.5 Å². The van der Waals surface area contributed by atoms with E-state index in [-0.39, 0.29) is 16.6 Å². The molecule has 0 saturated carbocycles. The number of hydrogen-bond donors (Lipinski definition) is 1. The van der Waals surface area contributed by atoms with Crippen LogP contribution in [0.5, 0.6) is 11.8 Å². The molecule has 1 heterocycles. The van der Waals surface area contributed by atoms with E-state index in [1.807, 2.05) is 0 Å². The molecule has 0 unspecified atom stereocenters. The van der Waals surface area contributed by atoms with Gasteiger partial charge in [0.15, 0.2) is 5.75 Å². The third kappa shape index (κ3) is 4.21. The zero-order valence-corrected chi connectivity index (χ0v) is 12.3. The van der Waals surface area contributed by atoms with E-state index in [1.54, 1.807) is 0 Å². The van der Waals surface area contributed by atoms with Crippen molar-refractivity contribution in [3.8, 4) is 11.8 Å². The molecule has 0 spiro atoms. The van der Waals surface area contributed by atoms with E-state index in [2.05, 4.69) is 31.1 Å². The van der Waals surface area contributed by atoms with Crippen LogP contribution in [0.3, 0.4) is 0 Å². The van der Waals surface area contributed by atoms with Crippen LogP contribution in [-0.2, 0) is 6.54 Å². The Bertz CT molecular complexity index is 593. The van der Waals surface area contributed by atoms with Gasteiger partial charge in [-0.2, -0.15) is 4.98 Å². The van der Waals surface area contributed by atoms with Crippen molar-refractivity contribution in [2.24, 2.45) is 0 Å². The Morgan fingerprint density at radius 2 is 2.15 bits per heavy atom. The number of aromatic nitrogens is 1. The van der Waals surface area contributed by atoms with Gasteiger partial charge in [-0.25, -0.2) is 4.39 Å². The van der Waals surface area contributed by atoms with Gasteiger partial charge in [0.2, 0.25) is 0 Å². The van der Waals surface area contributed by atoms with Gasteiger partial charge in [-0.15, -0.1) is 0 Å². The van der Waals surface area contributed by atoms with E-state index in [4.69, 9.17) is 20.8 Å². The third-order valence-corrected chi connectivity index (χ3v) is 2.72. The Hall–Kier alpha value is -1.59. The molecule has 2 rings (SSSR count). The number of ether oxygens (including phenoxy) is 1. The molecule has 2 aromatic rings. The first kappa shape index (κ1) is 14.8. The first-order valence-corrected chi connectivity index (χ1v) is 6.54. The average Bonchev–Trinajstić information content (AvgIpc) is 2.77. The Morgan fingerprint density at radius 3 is 2.80 bits per heavy atom. The molecule has 0 atom stereocenters. The third-order valence-electron chi connectivity index (χ3n) is 2.42. The predicted molar refractivity (Wildman–Crippen MR) is 74.6 cm³/mol. The molecule has 0 radical (unpaired) electrons. The summed E-state index contributed by atoms with van der Waals surface area (Å²) in [6, 6.07) is 3.85. The maximum absolute atomic E-state index is 12.9. The summed E-state index contributed by atoms with van der Waals surface area (Å²) in [7, 11) is 0. The zero-order valence-electron chi connectivity index (χ0n) is 11.5. The minimum atomic E-state index is -0.426. The van der Waals surface area contributed by atoms with Crippen molar-refractivity contribution in [2.45, 2.75) is 32.9 Å². The van der Waals surface area contributed by atoms with Crippen LogP contribution < -0.4 is 10.1 Å². The summed E-state index contributed by atoms with van der Waals surface area (Å²) in [6.45, 7) is 6.74. The summed E-state index contributed by atoms with van der Waals surface area (Å²) in [5, 5.41) is 3.44. The molecule has 108 valence electrons. The van der Waals surface area contributed by atoms with Gasteiger partial charge in [0.05, 0.1) is 10.7 Å². The maximum Gasteiger partial charge on any atom is 0.399 e. The summed E-state index contributed by atoms with van der Waals surface area (Å²) < 4.78 is 23.5. The van der Waals surface area contributed by atoms with Crippen molar-refractivity contribution in [1.82, 2.24) is 10.3 Å². The molecule has 0 aliphatic carbocycles. The summed E-state index contributed by atoms with van der Waals surface area (Å²) in [5.41, 5.74) is 0.702. The summed E-state index contributed by atoms with van der Waals surface area (Å²) in [5.74, 6) is -0.130. The molecule has 0 bridgehead atoms. The highest BCUT2D eigenvalue weighted by molar-refractivity contribution is 6.32. The molecule has 1 N–H and O–H groups in total. The normalized spacial score (nSPS) is 11.7. The lowest BCUT2D eigenvalue weighted by atomic mass is 10.1. The quantitative estimate of drug-likeness (QED) is 0.921. The van der Waals surface area contributed by atoms with Crippen molar-refractivity contribution in [3.63, 3.8) is 0 Å². The monoisotopic (exact) mass is 298 g/mol. The molecule has 4 nitrogen and oxygen atoms in total. The first-order valence-electron chi connectivity index (χ1n) is 6.16. The van der Waals surface area contributed by atoms with E-state index in [0.29, 0.717) is 18.0 Å². The summed E-state index contributed by atoms with van der Waals surface area (Å²) in [6.07, 6.45) is 1.58. The fraction of sp³-hybridized carbons (Fsp3) is 0.357. The standard InChI is InChI=1S/C14H16ClFN2O2/c1-14(2,3)17-7-10-8-19-13(18-10)20-12-5-4-9(16)6-11(12)15/h4-6,8,17H,7H2,1-3H3. The summed E-state index contributed by atoms with van der Waals surface area (Å²) in [4.78, 5) is 4.17. The fourth-order valence-electron chi connectivity index (χ4n) is 1.42. The van der Waals surface area contributed by atoms with Crippen LogP contribution in [0.25, 0.3) is 0 Å². The van der Waals surface area contributed by atoms with Crippen LogP contribution in [0.15, 0.2) is 28.9 Å². The van der Waals surface area contributed by atoms with Crippen molar-refractivity contribution in [1.29, 1.82) is 0 Å². The van der Waals surface area contributed by atoms with Crippen molar-refractivity contribution >= 4 is 11.6 Å². The number of nitrogens with one attached hydrogen (secondary N) is 1. The molecule has 20 heavy (non-hydrogen) atoms. The minimum absolute atomic E-state index is 0.0137. The molecular formula is C14H16ClFN2O2. The van der Waals surface area contributed by atoms with Gasteiger partial charge in [0.25, 0.3) is 0 Å². The first-order chi connectivity index (χ1) is 9.33. The Morgan fingerprint density at radius 1 is 1.40 bits per heavy atom. The van der Waals surface area contributed by atoms with Gasteiger partial charge >= 0.3 is 6.08 Å². The number of oxazole rings is 1. The molecular weight excluding hydrogens is 283 g/mol. The van der Waals surface area contributed by atoms with Gasteiger partial charge in [-0.3, -0.25) is 0 Å². The molecule has 0 amide bonds. The lowest BCUT2D eigenvalue weighted by Gasteiger charge is -2.19. The van der Waals surface area contributed by atoms with Gasteiger partial charge in [-0.1, -0.05) is 11.6 Å². The highest BCUT2D eigenvalue weighted by Gasteiger charge is 2.13. The predicted octanol–water partition coefficient (Wildman–Crippen LogP) is 4.15. The van der Waals surface area contributed by atoms with Crippen LogP contribution >= 0.6 is 11.6 Å². The van der Waals surface area contributed by atoms with Crippen LogP contribution in [0.2, 0.25) is 5.02 Å². The second-order valence-corrected chi connectivity index (χ2v) is 5.79. The summed E-state index contributed by atoms with van der Waals surface area (Å²) >= 11 is 5.86. The number of nitrogens with zero attached hydrogens (tertiary/aromatic N) is 1. The average molecular weight is 299 g/mol. The number of hydrogen-bond acceptors (Lipinski definition) is 4. The van der Waals surface area contributed by atoms with Crippen LogP contribution in [-0.4, -0.2) is 10.5 Å². The smallest absolute Gasteiger partial charge is 0.399 e.